The molecule has 22 heavy (non-hydrogen) atoms. The molecule has 2 aliphatic rings. The lowest BCUT2D eigenvalue weighted by Crippen LogP contribution is -2.28. The van der Waals surface area contributed by atoms with Gasteiger partial charge >= 0.3 is 0 Å². The lowest BCUT2D eigenvalue weighted by Gasteiger charge is -2.25. The van der Waals surface area contributed by atoms with E-state index in [9.17, 15) is 0 Å². The van der Waals surface area contributed by atoms with E-state index in [-0.39, 0.29) is 0 Å². The van der Waals surface area contributed by atoms with Crippen molar-refractivity contribution in [2.75, 3.05) is 37.9 Å². The molecular formula is C17H22ClN3O. The normalized spacial score (nSPS) is 17.4. The van der Waals surface area contributed by atoms with Gasteiger partial charge in [-0.3, -0.25) is 5.01 Å². The quantitative estimate of drug-likeness (QED) is 0.751. The van der Waals surface area contributed by atoms with Gasteiger partial charge in [-0.2, -0.15) is 5.10 Å². The summed E-state index contributed by atoms with van der Waals surface area (Å²) in [5, 5.41) is 7.49. The molecule has 0 radical (unpaired) electrons. The van der Waals surface area contributed by atoms with Crippen molar-refractivity contribution in [1.29, 1.82) is 0 Å². The number of benzene rings is 1. The number of anilines is 1. The standard InChI is InChI=1S/C17H22ClN3O/c1-2-22-11-5-9-20-10-8-16-14(12-20)13-21(19-16)17-7-4-3-6-15(17)18/h3-4,6-7,12H,2,5,8-11,13H2,1H3. The Morgan fingerprint density at radius 2 is 2.18 bits per heavy atom. The highest BCUT2D eigenvalue weighted by Crippen LogP contribution is 2.31. The third-order valence-electron chi connectivity index (χ3n) is 3.98. The van der Waals surface area contributed by atoms with E-state index in [2.05, 4.69) is 11.1 Å². The maximum atomic E-state index is 6.27. The molecule has 2 heterocycles. The Morgan fingerprint density at radius 1 is 1.32 bits per heavy atom. The van der Waals surface area contributed by atoms with E-state index in [1.54, 1.807) is 0 Å². The summed E-state index contributed by atoms with van der Waals surface area (Å²) in [6, 6.07) is 7.87. The third-order valence-corrected chi connectivity index (χ3v) is 4.29. The first-order valence-electron chi connectivity index (χ1n) is 7.90. The van der Waals surface area contributed by atoms with Gasteiger partial charge in [0.25, 0.3) is 0 Å². The molecular weight excluding hydrogens is 298 g/mol. The summed E-state index contributed by atoms with van der Waals surface area (Å²) >= 11 is 6.27. The minimum absolute atomic E-state index is 0.750. The number of hydrazone groups is 1. The molecule has 0 spiro atoms. The largest absolute Gasteiger partial charge is 0.382 e. The van der Waals surface area contributed by atoms with E-state index in [1.165, 1.54) is 11.3 Å². The second-order valence-corrected chi connectivity index (χ2v) is 5.95. The van der Waals surface area contributed by atoms with Crippen molar-refractivity contribution in [3.8, 4) is 0 Å². The Balaban J connectivity index is 1.63. The first kappa shape index (κ1) is 15.4. The minimum Gasteiger partial charge on any atom is -0.382 e. The number of nitrogens with zero attached hydrogens (tertiary/aromatic N) is 3. The highest BCUT2D eigenvalue weighted by molar-refractivity contribution is 6.33. The minimum atomic E-state index is 0.750. The molecule has 0 saturated heterocycles. The van der Waals surface area contributed by atoms with Gasteiger partial charge in [0, 0.05) is 44.5 Å². The molecule has 0 fully saturated rings. The van der Waals surface area contributed by atoms with E-state index >= 15 is 0 Å². The maximum absolute atomic E-state index is 6.27. The van der Waals surface area contributed by atoms with Gasteiger partial charge in [0.1, 0.15) is 0 Å². The zero-order chi connectivity index (χ0) is 15.4. The average molecular weight is 320 g/mol. The predicted octanol–water partition coefficient (Wildman–Crippen LogP) is 3.53. The van der Waals surface area contributed by atoms with Crippen LogP contribution in [-0.2, 0) is 4.74 Å². The fourth-order valence-electron chi connectivity index (χ4n) is 2.85. The smallest absolute Gasteiger partial charge is 0.0784 e. The predicted molar refractivity (Wildman–Crippen MR) is 91.6 cm³/mol. The number of hydrogen-bond donors (Lipinski definition) is 0. The van der Waals surface area contributed by atoms with Crippen LogP contribution in [0.5, 0.6) is 0 Å². The summed E-state index contributed by atoms with van der Waals surface area (Å²) in [4.78, 5) is 2.38. The molecule has 0 unspecified atom stereocenters. The Hall–Kier alpha value is -1.52. The molecule has 0 bridgehead atoms. The van der Waals surface area contributed by atoms with Crippen LogP contribution in [0.1, 0.15) is 19.8 Å². The number of rotatable bonds is 6. The first-order valence-corrected chi connectivity index (χ1v) is 8.28. The van der Waals surface area contributed by atoms with Gasteiger partial charge in [0.05, 0.1) is 23.0 Å². The van der Waals surface area contributed by atoms with Crippen molar-refractivity contribution in [2.24, 2.45) is 5.10 Å². The van der Waals surface area contributed by atoms with Crippen LogP contribution in [0.2, 0.25) is 5.02 Å². The van der Waals surface area contributed by atoms with Crippen LogP contribution >= 0.6 is 11.6 Å². The summed E-state index contributed by atoms with van der Waals surface area (Å²) in [6.07, 6.45) is 4.32. The molecule has 118 valence electrons. The lowest BCUT2D eigenvalue weighted by atomic mass is 10.1. The zero-order valence-corrected chi connectivity index (χ0v) is 13.7. The lowest BCUT2D eigenvalue weighted by molar-refractivity contribution is 0.138. The molecule has 0 saturated carbocycles. The SMILES string of the molecule is CCOCCCN1C=C2CN(c3ccccc3Cl)N=C2CC1. The van der Waals surface area contributed by atoms with Gasteiger partial charge in [-0.05, 0) is 25.5 Å². The molecule has 1 aromatic rings. The Kier molecular flexibility index (Phi) is 5.01. The Bertz CT molecular complexity index is 585. The molecule has 0 aromatic heterocycles. The summed E-state index contributed by atoms with van der Waals surface area (Å²) in [6.45, 7) is 6.55. The van der Waals surface area contributed by atoms with Gasteiger partial charge in [-0.25, -0.2) is 0 Å². The summed E-state index contributed by atoms with van der Waals surface area (Å²) in [5.41, 5.74) is 3.48. The van der Waals surface area contributed by atoms with Crippen molar-refractivity contribution in [2.45, 2.75) is 19.8 Å². The van der Waals surface area contributed by atoms with Crippen LogP contribution in [0.15, 0.2) is 41.1 Å². The second-order valence-electron chi connectivity index (χ2n) is 5.55. The van der Waals surface area contributed by atoms with Crippen molar-refractivity contribution >= 4 is 23.0 Å². The highest BCUT2D eigenvalue weighted by atomic mass is 35.5. The molecule has 4 nitrogen and oxygen atoms in total. The zero-order valence-electron chi connectivity index (χ0n) is 13.0. The van der Waals surface area contributed by atoms with E-state index in [4.69, 9.17) is 21.4 Å². The fourth-order valence-corrected chi connectivity index (χ4v) is 3.08. The Morgan fingerprint density at radius 3 is 3.00 bits per heavy atom. The summed E-state index contributed by atoms with van der Waals surface area (Å²) < 4.78 is 5.41. The monoisotopic (exact) mass is 319 g/mol. The van der Waals surface area contributed by atoms with E-state index in [0.717, 1.165) is 56.4 Å². The first-order chi connectivity index (χ1) is 10.8. The Labute approximate surface area is 137 Å². The molecule has 5 heteroatoms. The molecule has 0 N–H and O–H groups in total. The van der Waals surface area contributed by atoms with Crippen LogP contribution in [0.4, 0.5) is 5.69 Å². The van der Waals surface area contributed by atoms with Gasteiger partial charge in [-0.15, -0.1) is 0 Å². The van der Waals surface area contributed by atoms with Gasteiger partial charge in [0.15, 0.2) is 0 Å². The van der Waals surface area contributed by atoms with E-state index in [0.29, 0.717) is 0 Å². The van der Waals surface area contributed by atoms with Crippen molar-refractivity contribution in [3.05, 3.63) is 41.1 Å². The molecule has 0 aliphatic carbocycles. The number of halogens is 1. The van der Waals surface area contributed by atoms with Gasteiger partial charge < -0.3 is 9.64 Å². The summed E-state index contributed by atoms with van der Waals surface area (Å²) in [5.74, 6) is 0. The molecule has 0 atom stereocenters. The maximum Gasteiger partial charge on any atom is 0.0784 e. The molecule has 0 amide bonds. The van der Waals surface area contributed by atoms with E-state index in [1.807, 2.05) is 36.2 Å². The molecule has 1 aromatic carbocycles. The fraction of sp³-hybridized carbons (Fsp3) is 0.471. The van der Waals surface area contributed by atoms with Crippen LogP contribution in [0.25, 0.3) is 0 Å². The number of hydrogen-bond acceptors (Lipinski definition) is 4. The van der Waals surface area contributed by atoms with Crippen molar-refractivity contribution in [3.63, 3.8) is 0 Å². The van der Waals surface area contributed by atoms with Crippen LogP contribution in [0, 0.1) is 0 Å². The third kappa shape index (κ3) is 3.45. The van der Waals surface area contributed by atoms with Gasteiger partial charge in [0.2, 0.25) is 0 Å². The number of ether oxygens (including phenoxy) is 1. The van der Waals surface area contributed by atoms with Gasteiger partial charge in [-0.1, -0.05) is 23.7 Å². The van der Waals surface area contributed by atoms with Crippen LogP contribution in [-0.4, -0.2) is 43.5 Å². The van der Waals surface area contributed by atoms with Crippen molar-refractivity contribution in [1.82, 2.24) is 4.90 Å². The number of para-hydroxylation sites is 1. The second kappa shape index (κ2) is 7.16. The molecule has 2 aliphatic heterocycles. The van der Waals surface area contributed by atoms with E-state index < -0.39 is 0 Å². The number of fused-ring (bicyclic) bond motifs is 1. The average Bonchev–Trinajstić information content (AvgIpc) is 2.95. The highest BCUT2D eigenvalue weighted by Gasteiger charge is 2.26. The van der Waals surface area contributed by atoms with Crippen LogP contribution in [0.3, 0.4) is 0 Å². The topological polar surface area (TPSA) is 28.1 Å². The summed E-state index contributed by atoms with van der Waals surface area (Å²) in [7, 11) is 0. The van der Waals surface area contributed by atoms with Crippen LogP contribution < -0.4 is 5.01 Å². The van der Waals surface area contributed by atoms with Crippen molar-refractivity contribution < 1.29 is 4.74 Å². The molecule has 3 rings (SSSR count).